The first kappa shape index (κ1) is 23.6. The Morgan fingerprint density at radius 1 is 1.20 bits per heavy atom. The van der Waals surface area contributed by atoms with E-state index in [4.69, 9.17) is 9.15 Å². The monoisotopic (exact) mass is 490 g/mol. The number of nitro groups is 1. The smallest absolute Gasteiger partial charge is 0.341 e. The number of non-ortho nitro benzene ring substituents is 1. The number of benzene rings is 2. The predicted octanol–water partition coefficient (Wildman–Crippen LogP) is 5.26. The van der Waals surface area contributed by atoms with E-state index in [1.807, 2.05) is 0 Å². The second-order valence-electron chi connectivity index (χ2n) is 7.22. The number of nitrogens with one attached hydrogen (secondary N) is 1. The van der Waals surface area contributed by atoms with E-state index in [0.717, 1.165) is 17.4 Å². The standard InChI is InChI=1S/C25H18N2O7S/c1-2-33-25(30)22-19(15-6-5-7-17(12-15)27(31)32)14-35-24(22)26-21(28)11-10-16-13-34-20-9-4-3-8-18(20)23(16)29/h3-14H,2H2,1H3,(H,26,28)/b11-10+. The lowest BCUT2D eigenvalue weighted by Crippen LogP contribution is -2.13. The molecule has 9 nitrogen and oxygen atoms in total. The maximum atomic E-state index is 12.7. The van der Waals surface area contributed by atoms with E-state index in [2.05, 4.69) is 5.32 Å². The van der Waals surface area contributed by atoms with Crippen LogP contribution < -0.4 is 10.7 Å². The number of fused-ring (bicyclic) bond motifs is 1. The van der Waals surface area contributed by atoms with Crippen LogP contribution in [-0.2, 0) is 9.53 Å². The van der Waals surface area contributed by atoms with Crippen LogP contribution in [0.25, 0.3) is 28.2 Å². The van der Waals surface area contributed by atoms with Gasteiger partial charge in [-0.25, -0.2) is 4.79 Å². The average Bonchev–Trinajstić information content (AvgIpc) is 3.27. The van der Waals surface area contributed by atoms with Gasteiger partial charge < -0.3 is 14.5 Å². The number of hydrogen-bond donors (Lipinski definition) is 1. The number of carbonyl (C=O) groups is 2. The summed E-state index contributed by atoms with van der Waals surface area (Å²) in [4.78, 5) is 48.5. The van der Waals surface area contributed by atoms with Crippen LogP contribution in [-0.4, -0.2) is 23.4 Å². The minimum absolute atomic E-state index is 0.0873. The molecule has 0 saturated carbocycles. The lowest BCUT2D eigenvalue weighted by molar-refractivity contribution is -0.384. The summed E-state index contributed by atoms with van der Waals surface area (Å²) in [5.41, 5.74) is 1.12. The van der Waals surface area contributed by atoms with Crippen molar-refractivity contribution < 1.29 is 23.7 Å². The molecule has 4 aromatic rings. The van der Waals surface area contributed by atoms with Crippen LogP contribution in [0.5, 0.6) is 0 Å². The topological polar surface area (TPSA) is 129 Å². The van der Waals surface area contributed by atoms with Crippen LogP contribution in [0.2, 0.25) is 0 Å². The van der Waals surface area contributed by atoms with Crippen LogP contribution in [0.15, 0.2) is 75.5 Å². The normalized spacial score (nSPS) is 11.0. The Morgan fingerprint density at radius 2 is 2.00 bits per heavy atom. The molecule has 0 fully saturated rings. The Morgan fingerprint density at radius 3 is 2.77 bits per heavy atom. The minimum Gasteiger partial charge on any atom is -0.463 e. The average molecular weight is 490 g/mol. The van der Waals surface area contributed by atoms with Gasteiger partial charge in [0.15, 0.2) is 5.43 Å². The van der Waals surface area contributed by atoms with Crippen molar-refractivity contribution in [3.8, 4) is 11.1 Å². The van der Waals surface area contributed by atoms with Gasteiger partial charge in [0.25, 0.3) is 5.69 Å². The maximum Gasteiger partial charge on any atom is 0.341 e. The molecule has 0 atom stereocenters. The molecular formula is C25H18N2O7S. The van der Waals surface area contributed by atoms with Crippen LogP contribution in [0.4, 0.5) is 10.7 Å². The van der Waals surface area contributed by atoms with E-state index in [-0.39, 0.29) is 33.9 Å². The third-order valence-corrected chi connectivity index (χ3v) is 5.89. The molecule has 0 aliphatic rings. The number of amides is 1. The van der Waals surface area contributed by atoms with Crippen molar-refractivity contribution >= 4 is 50.9 Å². The Labute approximate surface area is 202 Å². The van der Waals surface area contributed by atoms with Gasteiger partial charge in [0.05, 0.1) is 22.5 Å². The number of esters is 1. The molecule has 1 amide bonds. The lowest BCUT2D eigenvalue weighted by Gasteiger charge is -2.08. The summed E-state index contributed by atoms with van der Waals surface area (Å²) in [6.45, 7) is 1.75. The summed E-state index contributed by atoms with van der Waals surface area (Å²) >= 11 is 1.08. The quantitative estimate of drug-likeness (QED) is 0.162. The van der Waals surface area contributed by atoms with Gasteiger partial charge in [-0.1, -0.05) is 24.3 Å². The molecule has 0 spiro atoms. The summed E-state index contributed by atoms with van der Waals surface area (Å²) < 4.78 is 10.6. The summed E-state index contributed by atoms with van der Waals surface area (Å²) in [6, 6.07) is 12.6. The van der Waals surface area contributed by atoms with Crippen molar-refractivity contribution in [2.75, 3.05) is 11.9 Å². The number of rotatable bonds is 7. The van der Waals surface area contributed by atoms with E-state index in [1.54, 1.807) is 42.6 Å². The lowest BCUT2D eigenvalue weighted by atomic mass is 10.0. The molecule has 10 heteroatoms. The molecule has 0 unspecified atom stereocenters. The van der Waals surface area contributed by atoms with E-state index in [1.165, 1.54) is 30.5 Å². The van der Waals surface area contributed by atoms with Gasteiger partial charge in [0, 0.05) is 29.2 Å². The van der Waals surface area contributed by atoms with E-state index in [0.29, 0.717) is 22.1 Å². The van der Waals surface area contributed by atoms with Crippen LogP contribution in [0.1, 0.15) is 22.8 Å². The number of para-hydroxylation sites is 1. The third-order valence-electron chi connectivity index (χ3n) is 5.00. The van der Waals surface area contributed by atoms with Crippen LogP contribution >= 0.6 is 11.3 Å². The van der Waals surface area contributed by atoms with Crippen molar-refractivity contribution in [3.05, 3.63) is 97.7 Å². The maximum absolute atomic E-state index is 12.7. The molecule has 0 saturated heterocycles. The molecule has 4 rings (SSSR count). The molecule has 2 aromatic carbocycles. The Balaban J connectivity index is 1.64. The molecule has 0 aliphatic carbocycles. The highest BCUT2D eigenvalue weighted by Crippen LogP contribution is 2.37. The highest BCUT2D eigenvalue weighted by Gasteiger charge is 2.23. The zero-order chi connectivity index (χ0) is 24.9. The molecule has 2 aromatic heterocycles. The second kappa shape index (κ2) is 10.1. The summed E-state index contributed by atoms with van der Waals surface area (Å²) in [5, 5.41) is 16.0. The summed E-state index contributed by atoms with van der Waals surface area (Å²) in [7, 11) is 0. The number of carbonyl (C=O) groups excluding carboxylic acids is 2. The Kier molecular flexibility index (Phi) is 6.83. The number of hydrogen-bond acceptors (Lipinski definition) is 8. The zero-order valence-electron chi connectivity index (χ0n) is 18.3. The fourth-order valence-electron chi connectivity index (χ4n) is 3.38. The second-order valence-corrected chi connectivity index (χ2v) is 8.10. The van der Waals surface area contributed by atoms with Gasteiger partial charge in [-0.05, 0) is 30.7 Å². The number of anilines is 1. The molecule has 0 aliphatic heterocycles. The van der Waals surface area contributed by atoms with Crippen LogP contribution in [0.3, 0.4) is 0 Å². The largest absolute Gasteiger partial charge is 0.463 e. The third kappa shape index (κ3) is 5.02. The first-order chi connectivity index (χ1) is 16.9. The van der Waals surface area contributed by atoms with Crippen LogP contribution in [0, 0.1) is 10.1 Å². The fraction of sp³-hybridized carbons (Fsp3) is 0.0800. The highest BCUT2D eigenvalue weighted by molar-refractivity contribution is 7.15. The Bertz CT molecular complexity index is 1530. The summed E-state index contributed by atoms with van der Waals surface area (Å²) in [6.07, 6.45) is 3.75. The molecule has 2 heterocycles. The van der Waals surface area contributed by atoms with Gasteiger partial charge in [-0.15, -0.1) is 11.3 Å². The van der Waals surface area contributed by atoms with E-state index in [9.17, 15) is 24.5 Å². The van der Waals surface area contributed by atoms with E-state index < -0.39 is 16.8 Å². The van der Waals surface area contributed by atoms with Crippen molar-refractivity contribution in [1.29, 1.82) is 0 Å². The fourth-order valence-corrected chi connectivity index (χ4v) is 4.34. The molecular weight excluding hydrogens is 472 g/mol. The molecule has 1 N–H and O–H groups in total. The predicted molar refractivity (Wildman–Crippen MR) is 133 cm³/mol. The SMILES string of the molecule is CCOC(=O)c1c(-c2cccc([N+](=O)[O-])c2)csc1NC(=O)/C=C/c1coc2ccccc2c1=O. The molecule has 0 radical (unpaired) electrons. The van der Waals surface area contributed by atoms with Gasteiger partial charge in [-0.3, -0.25) is 19.7 Å². The van der Waals surface area contributed by atoms with Crippen molar-refractivity contribution in [1.82, 2.24) is 0 Å². The highest BCUT2D eigenvalue weighted by atomic mass is 32.1. The van der Waals surface area contributed by atoms with Gasteiger partial charge in [0.2, 0.25) is 5.91 Å². The number of nitro benzene ring substituents is 1. The molecule has 35 heavy (non-hydrogen) atoms. The number of nitrogens with zero attached hydrogens (tertiary/aromatic N) is 1. The van der Waals surface area contributed by atoms with Crippen molar-refractivity contribution in [3.63, 3.8) is 0 Å². The van der Waals surface area contributed by atoms with Crippen molar-refractivity contribution in [2.45, 2.75) is 6.92 Å². The van der Waals surface area contributed by atoms with Gasteiger partial charge in [-0.2, -0.15) is 0 Å². The van der Waals surface area contributed by atoms with Gasteiger partial charge >= 0.3 is 5.97 Å². The first-order valence-electron chi connectivity index (χ1n) is 10.4. The van der Waals surface area contributed by atoms with Gasteiger partial charge in [0.1, 0.15) is 22.4 Å². The number of thiophene rings is 1. The number of ether oxygens (including phenoxy) is 1. The first-order valence-corrected chi connectivity index (χ1v) is 11.3. The minimum atomic E-state index is -0.676. The summed E-state index contributed by atoms with van der Waals surface area (Å²) in [5.74, 6) is -1.26. The van der Waals surface area contributed by atoms with Crippen molar-refractivity contribution in [2.24, 2.45) is 0 Å². The zero-order valence-corrected chi connectivity index (χ0v) is 19.2. The molecule has 0 bridgehead atoms. The Hall–Kier alpha value is -4.57. The molecule has 176 valence electrons. The van der Waals surface area contributed by atoms with E-state index >= 15 is 0 Å².